The maximum absolute atomic E-state index is 11.9. The van der Waals surface area contributed by atoms with Crippen LogP contribution in [0.3, 0.4) is 0 Å². The van der Waals surface area contributed by atoms with Crippen molar-refractivity contribution in [3.05, 3.63) is 29.7 Å². The molecule has 6 heteroatoms. The molecule has 17 heavy (non-hydrogen) atoms. The first-order chi connectivity index (χ1) is 8.10. The molecule has 0 aliphatic heterocycles. The standard InChI is InChI=1S/C11H14N4O2/c1-3-15-6-8(12)5-9(15)11(16)13-10-4-7(2)14-17-10/h4-6H,3,12H2,1-2H3,(H,13,16). The van der Waals surface area contributed by atoms with Gasteiger partial charge >= 0.3 is 0 Å². The highest BCUT2D eigenvalue weighted by Crippen LogP contribution is 2.14. The molecule has 2 rings (SSSR count). The Balaban J connectivity index is 2.19. The van der Waals surface area contributed by atoms with Crippen LogP contribution in [0.25, 0.3) is 0 Å². The number of aryl methyl sites for hydroxylation is 2. The zero-order valence-corrected chi connectivity index (χ0v) is 9.73. The molecule has 0 bridgehead atoms. The van der Waals surface area contributed by atoms with Crippen LogP contribution in [-0.2, 0) is 6.54 Å². The quantitative estimate of drug-likeness (QED) is 0.845. The van der Waals surface area contributed by atoms with Crippen LogP contribution in [0.15, 0.2) is 22.9 Å². The Morgan fingerprint density at radius 1 is 1.59 bits per heavy atom. The molecule has 0 saturated carbocycles. The first-order valence-electron chi connectivity index (χ1n) is 5.30. The maximum Gasteiger partial charge on any atom is 0.274 e. The molecule has 3 N–H and O–H groups in total. The van der Waals surface area contributed by atoms with Gasteiger partial charge in [-0.25, -0.2) is 0 Å². The van der Waals surface area contributed by atoms with Crippen molar-refractivity contribution in [1.29, 1.82) is 0 Å². The van der Waals surface area contributed by atoms with Gasteiger partial charge in [-0.05, 0) is 19.9 Å². The maximum atomic E-state index is 11.9. The third-order valence-electron chi connectivity index (χ3n) is 2.36. The fourth-order valence-corrected chi connectivity index (χ4v) is 1.58. The summed E-state index contributed by atoms with van der Waals surface area (Å²) in [6.45, 7) is 4.40. The summed E-state index contributed by atoms with van der Waals surface area (Å²) in [4.78, 5) is 11.9. The van der Waals surface area contributed by atoms with Gasteiger partial charge in [-0.15, -0.1) is 0 Å². The van der Waals surface area contributed by atoms with E-state index < -0.39 is 0 Å². The fourth-order valence-electron chi connectivity index (χ4n) is 1.58. The Morgan fingerprint density at radius 2 is 2.35 bits per heavy atom. The summed E-state index contributed by atoms with van der Waals surface area (Å²) in [5.41, 5.74) is 7.43. The number of carbonyl (C=O) groups excluding carboxylic acids is 1. The minimum absolute atomic E-state index is 0.264. The van der Waals surface area contributed by atoms with Gasteiger partial charge in [-0.2, -0.15) is 0 Å². The van der Waals surface area contributed by atoms with Crippen LogP contribution >= 0.6 is 0 Å². The van der Waals surface area contributed by atoms with E-state index in [0.29, 0.717) is 29.5 Å². The lowest BCUT2D eigenvalue weighted by Gasteiger charge is -2.04. The van der Waals surface area contributed by atoms with Crippen molar-refractivity contribution in [2.24, 2.45) is 0 Å². The summed E-state index contributed by atoms with van der Waals surface area (Å²) in [6.07, 6.45) is 1.72. The van der Waals surface area contributed by atoms with Crippen LogP contribution in [0.1, 0.15) is 23.1 Å². The normalized spacial score (nSPS) is 10.5. The molecule has 0 aromatic carbocycles. The summed E-state index contributed by atoms with van der Waals surface area (Å²) in [7, 11) is 0. The minimum Gasteiger partial charge on any atom is -0.397 e. The van der Waals surface area contributed by atoms with E-state index in [1.54, 1.807) is 29.8 Å². The molecular weight excluding hydrogens is 220 g/mol. The van der Waals surface area contributed by atoms with Crippen LogP contribution in [-0.4, -0.2) is 15.6 Å². The molecule has 1 amide bonds. The molecule has 90 valence electrons. The number of carbonyl (C=O) groups is 1. The van der Waals surface area contributed by atoms with Crippen LogP contribution in [0.2, 0.25) is 0 Å². The van der Waals surface area contributed by atoms with Gasteiger partial charge < -0.3 is 14.8 Å². The van der Waals surface area contributed by atoms with E-state index in [0.717, 1.165) is 0 Å². The van der Waals surface area contributed by atoms with E-state index in [1.807, 2.05) is 6.92 Å². The molecule has 0 aliphatic carbocycles. The summed E-state index contributed by atoms with van der Waals surface area (Å²) in [5, 5.41) is 6.31. The number of nitrogens with one attached hydrogen (secondary N) is 1. The largest absolute Gasteiger partial charge is 0.397 e. The first-order valence-corrected chi connectivity index (χ1v) is 5.30. The number of aromatic nitrogens is 2. The zero-order valence-electron chi connectivity index (χ0n) is 9.73. The number of nitrogen functional groups attached to an aromatic ring is 1. The van der Waals surface area contributed by atoms with Gasteiger partial charge in [-0.3, -0.25) is 10.1 Å². The molecule has 2 aromatic heterocycles. The molecule has 0 unspecified atom stereocenters. The van der Waals surface area contributed by atoms with E-state index in [4.69, 9.17) is 10.3 Å². The molecule has 0 fully saturated rings. The van der Waals surface area contributed by atoms with Gasteiger partial charge in [0.05, 0.1) is 11.4 Å². The molecule has 0 spiro atoms. The highest BCUT2D eigenvalue weighted by Gasteiger charge is 2.14. The topological polar surface area (TPSA) is 86.1 Å². The van der Waals surface area contributed by atoms with Crippen LogP contribution in [0, 0.1) is 6.92 Å². The van der Waals surface area contributed by atoms with Crippen molar-refractivity contribution < 1.29 is 9.32 Å². The van der Waals surface area contributed by atoms with Gasteiger partial charge in [0.25, 0.3) is 5.91 Å². The number of anilines is 2. The van der Waals surface area contributed by atoms with Crippen molar-refractivity contribution in [1.82, 2.24) is 9.72 Å². The summed E-state index contributed by atoms with van der Waals surface area (Å²) in [5.74, 6) is 0.0645. The average Bonchev–Trinajstić information content (AvgIpc) is 2.84. The predicted molar refractivity (Wildman–Crippen MR) is 63.7 cm³/mol. The first kappa shape index (κ1) is 11.3. The number of amides is 1. The van der Waals surface area contributed by atoms with E-state index in [9.17, 15) is 4.79 Å². The van der Waals surface area contributed by atoms with Gasteiger partial charge in [0.15, 0.2) is 0 Å². The number of nitrogens with two attached hydrogens (primary N) is 1. The Hall–Kier alpha value is -2.24. The van der Waals surface area contributed by atoms with Gasteiger partial charge in [-0.1, -0.05) is 5.16 Å². The average molecular weight is 234 g/mol. The van der Waals surface area contributed by atoms with Crippen molar-refractivity contribution in [2.75, 3.05) is 11.1 Å². The Kier molecular flexibility index (Phi) is 2.86. The van der Waals surface area contributed by atoms with Crippen LogP contribution < -0.4 is 11.1 Å². The smallest absolute Gasteiger partial charge is 0.274 e. The minimum atomic E-state index is -0.264. The van der Waals surface area contributed by atoms with Crippen LogP contribution in [0.5, 0.6) is 0 Å². The molecule has 0 atom stereocenters. The Morgan fingerprint density at radius 3 is 2.94 bits per heavy atom. The second-order valence-electron chi connectivity index (χ2n) is 3.73. The van der Waals surface area contributed by atoms with E-state index in [-0.39, 0.29) is 5.91 Å². The third-order valence-corrected chi connectivity index (χ3v) is 2.36. The second kappa shape index (κ2) is 4.32. The second-order valence-corrected chi connectivity index (χ2v) is 3.73. The Labute approximate surface area is 98.4 Å². The van der Waals surface area contributed by atoms with E-state index >= 15 is 0 Å². The number of hydrogen-bond acceptors (Lipinski definition) is 4. The summed E-state index contributed by atoms with van der Waals surface area (Å²) in [6, 6.07) is 3.28. The lowest BCUT2D eigenvalue weighted by atomic mass is 10.3. The lowest BCUT2D eigenvalue weighted by molar-refractivity contribution is 0.101. The zero-order chi connectivity index (χ0) is 12.4. The van der Waals surface area contributed by atoms with Gasteiger partial charge in [0.1, 0.15) is 5.69 Å². The van der Waals surface area contributed by atoms with E-state index in [1.165, 1.54) is 0 Å². The lowest BCUT2D eigenvalue weighted by Crippen LogP contribution is -2.15. The Bertz CT molecular complexity index is 541. The summed E-state index contributed by atoms with van der Waals surface area (Å²) < 4.78 is 6.69. The monoisotopic (exact) mass is 234 g/mol. The third kappa shape index (κ3) is 2.30. The molecule has 0 aliphatic rings. The number of rotatable bonds is 3. The molecular formula is C11H14N4O2. The SMILES string of the molecule is CCn1cc(N)cc1C(=O)Nc1cc(C)no1. The summed E-state index contributed by atoms with van der Waals surface area (Å²) >= 11 is 0. The van der Waals surface area contributed by atoms with Crippen molar-refractivity contribution in [2.45, 2.75) is 20.4 Å². The van der Waals surface area contributed by atoms with Crippen molar-refractivity contribution in [3.8, 4) is 0 Å². The number of nitrogens with zero attached hydrogens (tertiary/aromatic N) is 2. The molecule has 0 radical (unpaired) electrons. The van der Waals surface area contributed by atoms with Crippen molar-refractivity contribution in [3.63, 3.8) is 0 Å². The molecule has 2 heterocycles. The van der Waals surface area contributed by atoms with Crippen LogP contribution in [0.4, 0.5) is 11.6 Å². The molecule has 6 nitrogen and oxygen atoms in total. The highest BCUT2D eigenvalue weighted by molar-refractivity contribution is 6.03. The molecule has 0 saturated heterocycles. The van der Waals surface area contributed by atoms with E-state index in [2.05, 4.69) is 10.5 Å². The highest BCUT2D eigenvalue weighted by atomic mass is 16.5. The number of hydrogen-bond donors (Lipinski definition) is 2. The fraction of sp³-hybridized carbons (Fsp3) is 0.273. The molecule has 2 aromatic rings. The van der Waals surface area contributed by atoms with Gasteiger partial charge in [0.2, 0.25) is 5.88 Å². The predicted octanol–water partition coefficient (Wildman–Crippen LogP) is 1.64. The van der Waals surface area contributed by atoms with Crippen molar-refractivity contribution >= 4 is 17.5 Å². The van der Waals surface area contributed by atoms with Gasteiger partial charge in [0, 0.05) is 18.8 Å².